The molecule has 0 saturated heterocycles. The zero-order chi connectivity index (χ0) is 15.4. The van der Waals surface area contributed by atoms with Crippen LogP contribution < -0.4 is 0 Å². The summed E-state index contributed by atoms with van der Waals surface area (Å²) in [5, 5.41) is 0. The third-order valence-corrected chi connectivity index (χ3v) is 3.77. The summed E-state index contributed by atoms with van der Waals surface area (Å²) in [5.41, 5.74) is 0. The maximum absolute atomic E-state index is 10.2. The maximum atomic E-state index is 10.2. The van der Waals surface area contributed by atoms with Gasteiger partial charge in [-0.05, 0) is 32.9 Å². The van der Waals surface area contributed by atoms with Gasteiger partial charge in [-0.25, -0.2) is 4.18 Å². The van der Waals surface area contributed by atoms with Crippen LogP contribution in [0.2, 0.25) is 0 Å². The van der Waals surface area contributed by atoms with E-state index in [2.05, 4.69) is 35.4 Å². The molecule has 0 aromatic carbocycles. The van der Waals surface area contributed by atoms with Crippen LogP contribution >= 0.6 is 0 Å². The van der Waals surface area contributed by atoms with E-state index in [9.17, 15) is 8.42 Å². The second-order valence-corrected chi connectivity index (χ2v) is 5.28. The number of hydrogen-bond acceptors (Lipinski definition) is 4. The highest BCUT2D eigenvalue weighted by Crippen LogP contribution is 2.05. The summed E-state index contributed by atoms with van der Waals surface area (Å²) in [6, 6.07) is 0. The third kappa shape index (κ3) is 9.84. The van der Waals surface area contributed by atoms with Crippen LogP contribution in [0.1, 0.15) is 20.8 Å². The Morgan fingerprint density at radius 1 is 1.05 bits per heavy atom. The average molecular weight is 294 g/mol. The van der Waals surface area contributed by atoms with Gasteiger partial charge in [0.05, 0.1) is 39.9 Å². The fourth-order valence-electron chi connectivity index (χ4n) is 1.55. The van der Waals surface area contributed by atoms with Gasteiger partial charge in [0.25, 0.3) is 0 Å². The van der Waals surface area contributed by atoms with E-state index >= 15 is 0 Å². The third-order valence-electron chi connectivity index (χ3n) is 2.84. The van der Waals surface area contributed by atoms with E-state index in [-0.39, 0.29) is 6.61 Å². The quantitative estimate of drug-likeness (QED) is 0.483. The number of rotatable bonds is 9. The first kappa shape index (κ1) is 20.6. The molecule has 0 aliphatic heterocycles. The summed E-state index contributed by atoms with van der Waals surface area (Å²) in [4.78, 5) is 0. The van der Waals surface area contributed by atoms with E-state index in [4.69, 9.17) is 0 Å². The van der Waals surface area contributed by atoms with E-state index in [1.807, 2.05) is 12.2 Å². The summed E-state index contributed by atoms with van der Waals surface area (Å²) in [6.45, 7) is 18.1. The monoisotopic (exact) mass is 294 g/mol. The first-order chi connectivity index (χ1) is 8.86. The van der Waals surface area contributed by atoms with Crippen LogP contribution in [-0.4, -0.2) is 52.8 Å². The normalized spacial score (nSPS) is 11.4. The highest BCUT2D eigenvalue weighted by atomic mass is 32.3. The van der Waals surface area contributed by atoms with Crippen LogP contribution in [0.15, 0.2) is 25.3 Å². The van der Waals surface area contributed by atoms with Crippen molar-refractivity contribution in [1.82, 2.24) is 0 Å². The molecule has 0 bridgehead atoms. The lowest BCUT2D eigenvalue weighted by atomic mass is 10.3. The van der Waals surface area contributed by atoms with Crippen LogP contribution in [0.3, 0.4) is 0 Å². The van der Waals surface area contributed by atoms with Gasteiger partial charge in [0.2, 0.25) is 0 Å². The molecule has 19 heavy (non-hydrogen) atoms. The number of likely N-dealkylation sites (N-methyl/N-ethyl adjacent to an activating group) is 1. The standard InChI is InChI=1S/C10H20N.C3H8O4S/c1-5-9-11(7-3,8-4)10-6-2;1-3-7-8(4,5)6-2/h5-6H,1-2,7-10H2,3-4H3;3H2,1-2H3/q+1;. The first-order valence-electron chi connectivity index (χ1n) is 6.38. The highest BCUT2D eigenvalue weighted by Gasteiger charge is 2.18. The predicted octanol–water partition coefficient (Wildman–Crippen LogP) is 2.13. The minimum atomic E-state index is -3.67. The van der Waals surface area contributed by atoms with Crippen molar-refractivity contribution >= 4 is 10.4 Å². The Morgan fingerprint density at radius 3 is 1.63 bits per heavy atom. The topological polar surface area (TPSA) is 52.6 Å². The molecule has 0 atom stereocenters. The fraction of sp³-hybridized carbons (Fsp3) is 0.692. The minimum absolute atomic E-state index is 0.107. The van der Waals surface area contributed by atoms with Gasteiger partial charge in [0, 0.05) is 0 Å². The van der Waals surface area contributed by atoms with E-state index in [1.165, 1.54) is 0 Å². The van der Waals surface area contributed by atoms with Gasteiger partial charge in [-0.2, -0.15) is 8.42 Å². The Balaban J connectivity index is 0. The van der Waals surface area contributed by atoms with Crippen molar-refractivity contribution in [2.24, 2.45) is 0 Å². The Morgan fingerprint density at radius 2 is 1.47 bits per heavy atom. The van der Waals surface area contributed by atoms with E-state index in [0.29, 0.717) is 0 Å². The van der Waals surface area contributed by atoms with Gasteiger partial charge >= 0.3 is 10.4 Å². The Hall–Kier alpha value is -0.690. The molecule has 0 amide bonds. The molecule has 114 valence electrons. The van der Waals surface area contributed by atoms with Gasteiger partial charge in [-0.3, -0.25) is 4.18 Å². The van der Waals surface area contributed by atoms with Crippen LogP contribution in [0.4, 0.5) is 0 Å². The fourth-order valence-corrected chi connectivity index (χ4v) is 1.94. The van der Waals surface area contributed by atoms with Crippen molar-refractivity contribution in [3.63, 3.8) is 0 Å². The molecule has 0 N–H and O–H groups in total. The van der Waals surface area contributed by atoms with Crippen molar-refractivity contribution in [1.29, 1.82) is 0 Å². The Kier molecular flexibility index (Phi) is 12.1. The summed E-state index contributed by atoms with van der Waals surface area (Å²) in [5.74, 6) is 0. The molecule has 0 saturated carbocycles. The summed E-state index contributed by atoms with van der Waals surface area (Å²) >= 11 is 0. The average Bonchev–Trinajstić information content (AvgIpc) is 2.39. The Labute approximate surface area is 118 Å². The second-order valence-electron chi connectivity index (χ2n) is 3.90. The summed E-state index contributed by atoms with van der Waals surface area (Å²) < 4.78 is 29.5. The van der Waals surface area contributed by atoms with Gasteiger partial charge < -0.3 is 4.48 Å². The van der Waals surface area contributed by atoms with Crippen LogP contribution in [0, 0.1) is 0 Å². The number of nitrogens with zero attached hydrogens (tertiary/aromatic N) is 1. The second kappa shape index (κ2) is 11.2. The first-order valence-corrected chi connectivity index (χ1v) is 7.72. The lowest BCUT2D eigenvalue weighted by molar-refractivity contribution is -0.914. The van der Waals surface area contributed by atoms with Crippen molar-refractivity contribution in [2.45, 2.75) is 20.8 Å². The van der Waals surface area contributed by atoms with Crippen molar-refractivity contribution in [2.75, 3.05) is 39.9 Å². The molecule has 0 aromatic rings. The molecule has 0 radical (unpaired) electrons. The molecule has 0 heterocycles. The van der Waals surface area contributed by atoms with Gasteiger partial charge in [-0.1, -0.05) is 13.2 Å². The van der Waals surface area contributed by atoms with Gasteiger partial charge in [0.15, 0.2) is 0 Å². The van der Waals surface area contributed by atoms with Gasteiger partial charge in [-0.15, -0.1) is 0 Å². The highest BCUT2D eigenvalue weighted by molar-refractivity contribution is 7.81. The van der Waals surface area contributed by atoms with Crippen molar-refractivity contribution < 1.29 is 21.3 Å². The molecular formula is C13H28NO4S+. The molecular weight excluding hydrogens is 266 g/mol. The maximum Gasteiger partial charge on any atom is 0.399 e. The van der Waals surface area contributed by atoms with Crippen molar-refractivity contribution in [3.8, 4) is 0 Å². The molecule has 0 aromatic heterocycles. The smallest absolute Gasteiger partial charge is 0.318 e. The molecule has 5 nitrogen and oxygen atoms in total. The SMILES string of the molecule is C=CC[N+](CC)(CC)CC=C.CCOS(=O)(=O)OC. The number of hydrogen-bond donors (Lipinski definition) is 0. The Bertz CT molecular complexity index is 323. The molecule has 0 fully saturated rings. The molecule has 0 aliphatic rings. The molecule has 0 spiro atoms. The van der Waals surface area contributed by atoms with Gasteiger partial charge in [0.1, 0.15) is 0 Å². The zero-order valence-corrected chi connectivity index (χ0v) is 13.4. The van der Waals surface area contributed by atoms with E-state index in [0.717, 1.165) is 37.8 Å². The molecule has 6 heteroatoms. The molecule has 0 unspecified atom stereocenters. The van der Waals surface area contributed by atoms with E-state index < -0.39 is 10.4 Å². The van der Waals surface area contributed by atoms with Crippen LogP contribution in [0.25, 0.3) is 0 Å². The lowest BCUT2D eigenvalue weighted by Crippen LogP contribution is -2.47. The summed E-state index contributed by atoms with van der Waals surface area (Å²) in [7, 11) is -2.62. The van der Waals surface area contributed by atoms with Crippen LogP contribution in [-0.2, 0) is 18.8 Å². The molecule has 0 rings (SSSR count). The van der Waals surface area contributed by atoms with Crippen molar-refractivity contribution in [3.05, 3.63) is 25.3 Å². The lowest BCUT2D eigenvalue weighted by Gasteiger charge is -2.34. The summed E-state index contributed by atoms with van der Waals surface area (Å²) in [6.07, 6.45) is 3.99. The molecule has 0 aliphatic carbocycles. The largest absolute Gasteiger partial charge is 0.399 e. The minimum Gasteiger partial charge on any atom is -0.318 e. The van der Waals surface area contributed by atoms with E-state index in [1.54, 1.807) is 6.92 Å². The zero-order valence-electron chi connectivity index (χ0n) is 12.6. The van der Waals surface area contributed by atoms with Crippen LogP contribution in [0.5, 0.6) is 0 Å². The number of quaternary nitrogens is 1. The predicted molar refractivity (Wildman–Crippen MR) is 79.0 cm³/mol.